The predicted octanol–water partition coefficient (Wildman–Crippen LogP) is 3.50. The minimum Gasteiger partial charge on any atom is -0.458 e. The number of hydrogen-bond donors (Lipinski definition) is 1. The van der Waals surface area contributed by atoms with Crippen molar-refractivity contribution in [3.8, 4) is 11.6 Å². The fourth-order valence-corrected chi connectivity index (χ4v) is 3.39. The minimum absolute atomic E-state index is 0.240. The average molecular weight is 457 g/mol. The number of aryl methyl sites for hydroxylation is 1. The van der Waals surface area contributed by atoms with Gasteiger partial charge in [-0.3, -0.25) is 14.5 Å². The van der Waals surface area contributed by atoms with E-state index in [1.165, 1.54) is 23.1 Å². The summed E-state index contributed by atoms with van der Waals surface area (Å²) in [5.74, 6) is 0.0708. The number of rotatable bonds is 8. The topological polar surface area (TPSA) is 106 Å². The van der Waals surface area contributed by atoms with Gasteiger partial charge in [0.05, 0.1) is 0 Å². The number of carbonyl (C=O) groups excluding carboxylic acids is 2. The third-order valence-corrected chi connectivity index (χ3v) is 4.72. The van der Waals surface area contributed by atoms with Crippen molar-refractivity contribution in [2.24, 2.45) is 0 Å². The zero-order valence-electron chi connectivity index (χ0n) is 19.5. The molecule has 2 heterocycles. The Balaban J connectivity index is 1.92. The monoisotopic (exact) mass is 456 g/mol. The van der Waals surface area contributed by atoms with Crippen LogP contribution in [0.4, 0.5) is 10.1 Å². The number of amides is 2. The minimum atomic E-state index is -0.834. The zero-order valence-corrected chi connectivity index (χ0v) is 19.5. The first-order valence-electron chi connectivity index (χ1n) is 10.8. The number of aromatic nitrogens is 4. The number of anilines is 1. The molecule has 9 nitrogen and oxygen atoms in total. The second-order valence-corrected chi connectivity index (χ2v) is 8.84. The molecule has 0 spiro atoms. The Labute approximate surface area is 192 Å². The zero-order chi connectivity index (χ0) is 24.2. The molecule has 0 bridgehead atoms. The van der Waals surface area contributed by atoms with Crippen LogP contribution < -0.4 is 10.2 Å². The van der Waals surface area contributed by atoms with Gasteiger partial charge < -0.3 is 9.73 Å². The molecule has 0 aliphatic rings. The highest BCUT2D eigenvalue weighted by Crippen LogP contribution is 2.23. The quantitative estimate of drug-likeness (QED) is 0.556. The molecule has 0 fully saturated rings. The third-order valence-electron chi connectivity index (χ3n) is 4.72. The Morgan fingerprint density at radius 3 is 2.61 bits per heavy atom. The molecule has 2 aromatic heterocycles. The van der Waals surface area contributed by atoms with Crippen molar-refractivity contribution in [3.63, 3.8) is 0 Å². The number of tetrazole rings is 1. The van der Waals surface area contributed by atoms with E-state index < -0.39 is 23.3 Å². The van der Waals surface area contributed by atoms with Gasteiger partial charge in [-0.25, -0.2) is 4.39 Å². The van der Waals surface area contributed by atoms with Gasteiger partial charge >= 0.3 is 0 Å². The Bertz CT molecular complexity index is 1120. The van der Waals surface area contributed by atoms with Crippen molar-refractivity contribution >= 4 is 17.5 Å². The second-order valence-electron chi connectivity index (χ2n) is 8.84. The van der Waals surface area contributed by atoms with E-state index in [9.17, 15) is 14.0 Å². The Hall–Kier alpha value is -3.56. The number of furan rings is 1. The van der Waals surface area contributed by atoms with Gasteiger partial charge in [0.2, 0.25) is 11.7 Å². The maximum Gasteiger partial charge on any atom is 0.251 e. The first-order valence-corrected chi connectivity index (χ1v) is 10.8. The van der Waals surface area contributed by atoms with Gasteiger partial charge in [0, 0.05) is 11.2 Å². The lowest BCUT2D eigenvalue weighted by molar-refractivity contribution is -0.128. The molecule has 0 radical (unpaired) electrons. The maximum atomic E-state index is 14.0. The van der Waals surface area contributed by atoms with E-state index in [0.717, 1.165) is 4.80 Å². The van der Waals surface area contributed by atoms with E-state index >= 15 is 0 Å². The number of nitrogens with one attached hydrogen (secondary N) is 1. The van der Waals surface area contributed by atoms with E-state index in [0.29, 0.717) is 24.4 Å². The molecule has 1 atom stereocenters. The largest absolute Gasteiger partial charge is 0.458 e. The van der Waals surface area contributed by atoms with E-state index in [4.69, 9.17) is 4.42 Å². The molecule has 1 N–H and O–H groups in total. The van der Waals surface area contributed by atoms with E-state index in [2.05, 4.69) is 20.7 Å². The summed E-state index contributed by atoms with van der Waals surface area (Å²) >= 11 is 0. The molecule has 0 aliphatic carbocycles. The van der Waals surface area contributed by atoms with Crippen molar-refractivity contribution in [3.05, 3.63) is 48.0 Å². The van der Waals surface area contributed by atoms with E-state index in [-0.39, 0.29) is 24.0 Å². The summed E-state index contributed by atoms with van der Waals surface area (Å²) in [5, 5.41) is 15.0. The summed E-state index contributed by atoms with van der Waals surface area (Å²) in [6.07, 6.45) is 1.04. The van der Waals surface area contributed by atoms with Crippen LogP contribution in [0.15, 0.2) is 40.8 Å². The highest BCUT2D eigenvalue weighted by molar-refractivity contribution is 6.00. The number of carbonyl (C=O) groups is 2. The van der Waals surface area contributed by atoms with Crippen molar-refractivity contribution < 1.29 is 18.4 Å². The van der Waals surface area contributed by atoms with E-state index in [1.54, 1.807) is 25.1 Å². The van der Waals surface area contributed by atoms with Crippen LogP contribution in [0, 0.1) is 12.7 Å². The van der Waals surface area contributed by atoms with Crippen molar-refractivity contribution in [1.82, 2.24) is 25.5 Å². The maximum absolute atomic E-state index is 14.0. The molecule has 3 aromatic rings. The summed E-state index contributed by atoms with van der Waals surface area (Å²) in [6, 6.07) is 8.27. The lowest BCUT2D eigenvalue weighted by atomic mass is 10.0. The molecular weight excluding hydrogens is 427 g/mol. The highest BCUT2D eigenvalue weighted by Gasteiger charge is 2.33. The molecule has 3 rings (SSSR count). The molecule has 1 unspecified atom stereocenters. The standard InChI is InChI=1S/C23H29FN6O3/c1-6-8-18(22(32)25-23(3,4)5)30(17-10-7-9-16(24)13-17)20(31)14-29-27-21(26-28-29)19-12-11-15(2)33-19/h7,9-13,18H,6,8,14H2,1-5H3,(H,25,32). The molecule has 0 saturated heterocycles. The van der Waals surface area contributed by atoms with Gasteiger partial charge in [-0.05, 0) is 69.7 Å². The van der Waals surface area contributed by atoms with Crippen LogP contribution in [0.25, 0.3) is 11.6 Å². The lowest BCUT2D eigenvalue weighted by Crippen LogP contribution is -2.54. The van der Waals surface area contributed by atoms with Crippen molar-refractivity contribution in [2.45, 2.75) is 65.6 Å². The Kier molecular flexibility index (Phi) is 7.25. The van der Waals surface area contributed by atoms with Crippen LogP contribution >= 0.6 is 0 Å². The number of hydrogen-bond acceptors (Lipinski definition) is 6. The number of nitrogens with zero attached hydrogens (tertiary/aromatic N) is 5. The first kappa shape index (κ1) is 24.1. The van der Waals surface area contributed by atoms with Crippen molar-refractivity contribution in [2.75, 3.05) is 4.90 Å². The summed E-state index contributed by atoms with van der Waals surface area (Å²) < 4.78 is 19.5. The molecule has 33 heavy (non-hydrogen) atoms. The average Bonchev–Trinajstić information content (AvgIpc) is 3.35. The SMILES string of the molecule is CCCC(C(=O)NC(C)(C)C)N(C(=O)Cn1nnc(-c2ccc(C)o2)n1)c1cccc(F)c1. The summed E-state index contributed by atoms with van der Waals surface area (Å²) in [6.45, 7) is 9.01. The molecule has 1 aromatic carbocycles. The molecule has 176 valence electrons. The molecule has 10 heteroatoms. The predicted molar refractivity (Wildman–Crippen MR) is 121 cm³/mol. The smallest absolute Gasteiger partial charge is 0.251 e. The number of halogens is 1. The molecule has 0 saturated carbocycles. The lowest BCUT2D eigenvalue weighted by Gasteiger charge is -2.33. The van der Waals surface area contributed by atoms with Gasteiger partial charge in [0.25, 0.3) is 5.91 Å². The molecular formula is C23H29FN6O3. The fourth-order valence-electron chi connectivity index (χ4n) is 3.39. The Morgan fingerprint density at radius 1 is 1.24 bits per heavy atom. The van der Waals surface area contributed by atoms with Gasteiger partial charge in [0.1, 0.15) is 24.2 Å². The second kappa shape index (κ2) is 9.93. The van der Waals surface area contributed by atoms with Gasteiger partial charge in [-0.2, -0.15) is 4.80 Å². The normalized spacial score (nSPS) is 12.4. The van der Waals surface area contributed by atoms with Crippen LogP contribution in [0.5, 0.6) is 0 Å². The van der Waals surface area contributed by atoms with Crippen LogP contribution in [0.1, 0.15) is 46.3 Å². The fraction of sp³-hybridized carbons (Fsp3) is 0.435. The summed E-state index contributed by atoms with van der Waals surface area (Å²) in [7, 11) is 0. The van der Waals surface area contributed by atoms with Crippen LogP contribution in [0.3, 0.4) is 0 Å². The first-order chi connectivity index (χ1) is 15.6. The van der Waals surface area contributed by atoms with Crippen molar-refractivity contribution in [1.29, 1.82) is 0 Å². The van der Waals surface area contributed by atoms with Gasteiger partial charge in [0.15, 0.2) is 5.76 Å². The summed E-state index contributed by atoms with van der Waals surface area (Å²) in [5.41, 5.74) is -0.215. The Morgan fingerprint density at radius 2 is 2.00 bits per heavy atom. The van der Waals surface area contributed by atoms with Crippen LogP contribution in [-0.4, -0.2) is 43.6 Å². The van der Waals surface area contributed by atoms with E-state index in [1.807, 2.05) is 27.7 Å². The number of benzene rings is 1. The van der Waals surface area contributed by atoms with Crippen LogP contribution in [0.2, 0.25) is 0 Å². The highest BCUT2D eigenvalue weighted by atomic mass is 19.1. The molecule has 2 amide bonds. The van der Waals surface area contributed by atoms with Gasteiger partial charge in [-0.15, -0.1) is 10.2 Å². The third kappa shape index (κ3) is 6.24. The molecule has 0 aliphatic heterocycles. The van der Waals surface area contributed by atoms with Crippen LogP contribution in [-0.2, 0) is 16.1 Å². The summed E-state index contributed by atoms with van der Waals surface area (Å²) in [4.78, 5) is 29.0. The van der Waals surface area contributed by atoms with Gasteiger partial charge in [-0.1, -0.05) is 19.4 Å².